The topological polar surface area (TPSA) is 80.6 Å². The lowest BCUT2D eigenvalue weighted by atomic mass is 10.1. The van der Waals surface area contributed by atoms with Gasteiger partial charge >= 0.3 is 0 Å². The summed E-state index contributed by atoms with van der Waals surface area (Å²) in [4.78, 5) is 12.4. The second-order valence-corrected chi connectivity index (χ2v) is 6.59. The van der Waals surface area contributed by atoms with Crippen LogP contribution in [-0.2, 0) is 4.79 Å². The second-order valence-electron chi connectivity index (χ2n) is 6.59. The number of nitrogens with zero attached hydrogens (tertiary/aromatic N) is 1. The van der Waals surface area contributed by atoms with Gasteiger partial charge in [-0.3, -0.25) is 4.79 Å². The zero-order valence-electron chi connectivity index (χ0n) is 17.6. The van der Waals surface area contributed by atoms with Crippen LogP contribution in [0.1, 0.15) is 12.5 Å². The van der Waals surface area contributed by atoms with E-state index in [4.69, 9.17) is 14.2 Å². The number of amides is 1. The van der Waals surface area contributed by atoms with Crippen LogP contribution in [0, 0.1) is 11.3 Å². The van der Waals surface area contributed by atoms with Crippen LogP contribution in [0.5, 0.6) is 17.2 Å². The molecule has 0 saturated carbocycles. The number of hydrogen-bond acceptors (Lipinski definition) is 5. The number of nitriles is 1. The minimum atomic E-state index is -0.461. The number of fused-ring (bicyclic) bond motifs is 1. The summed E-state index contributed by atoms with van der Waals surface area (Å²) in [6.45, 7) is 2.95. The van der Waals surface area contributed by atoms with Crippen molar-refractivity contribution in [3.8, 4) is 23.3 Å². The molecule has 0 aliphatic heterocycles. The summed E-state index contributed by atoms with van der Waals surface area (Å²) in [6.07, 6.45) is 1.51. The zero-order chi connectivity index (χ0) is 22.1. The molecule has 0 fully saturated rings. The fraction of sp³-hybridized carbons (Fsp3) is 0.200. The van der Waals surface area contributed by atoms with Crippen LogP contribution in [0.2, 0.25) is 0 Å². The van der Waals surface area contributed by atoms with Gasteiger partial charge in [0.15, 0.2) is 11.5 Å². The highest BCUT2D eigenvalue weighted by Crippen LogP contribution is 2.29. The molecule has 3 aromatic rings. The van der Waals surface area contributed by atoms with Crippen molar-refractivity contribution in [3.63, 3.8) is 0 Å². The van der Waals surface area contributed by atoms with Crippen molar-refractivity contribution in [2.24, 2.45) is 0 Å². The predicted molar refractivity (Wildman–Crippen MR) is 120 cm³/mol. The van der Waals surface area contributed by atoms with E-state index in [2.05, 4.69) is 5.32 Å². The number of carbonyl (C=O) groups excluding carboxylic acids is 1. The highest BCUT2D eigenvalue weighted by atomic mass is 16.5. The van der Waals surface area contributed by atoms with Gasteiger partial charge in [-0.15, -0.1) is 0 Å². The molecule has 158 valence electrons. The molecule has 0 atom stereocenters. The number of benzene rings is 3. The molecular weight excluding hydrogens is 392 g/mol. The Labute approximate surface area is 181 Å². The normalized spacial score (nSPS) is 10.9. The third-order valence-electron chi connectivity index (χ3n) is 4.56. The van der Waals surface area contributed by atoms with Gasteiger partial charge in [0, 0.05) is 5.39 Å². The summed E-state index contributed by atoms with van der Waals surface area (Å²) in [5.74, 6) is 1.44. The molecule has 0 saturated heterocycles. The first-order chi connectivity index (χ1) is 15.2. The van der Waals surface area contributed by atoms with Gasteiger partial charge in [0.1, 0.15) is 24.0 Å². The molecule has 0 bridgehead atoms. The third kappa shape index (κ3) is 5.55. The number of methoxy groups -OCH3 is 1. The van der Waals surface area contributed by atoms with Crippen molar-refractivity contribution in [1.29, 1.82) is 5.26 Å². The van der Waals surface area contributed by atoms with E-state index in [1.807, 2.05) is 55.5 Å². The van der Waals surface area contributed by atoms with Gasteiger partial charge in [-0.1, -0.05) is 42.5 Å². The Morgan fingerprint density at radius 1 is 1.03 bits per heavy atom. The molecule has 1 amide bonds. The summed E-state index contributed by atoms with van der Waals surface area (Å²) in [5.41, 5.74) is 0.662. The van der Waals surface area contributed by atoms with Crippen LogP contribution in [0.15, 0.2) is 66.2 Å². The summed E-state index contributed by atoms with van der Waals surface area (Å²) in [6, 6.07) is 21.0. The first-order valence-corrected chi connectivity index (χ1v) is 9.97. The largest absolute Gasteiger partial charge is 0.493 e. The Balaban J connectivity index is 1.60. The number of nitrogens with one attached hydrogen (secondary N) is 1. The fourth-order valence-corrected chi connectivity index (χ4v) is 3.11. The molecule has 0 spiro atoms. The molecule has 0 unspecified atom stereocenters. The quantitative estimate of drug-likeness (QED) is 0.319. The van der Waals surface area contributed by atoms with Crippen molar-refractivity contribution in [2.75, 3.05) is 26.9 Å². The van der Waals surface area contributed by atoms with Crippen molar-refractivity contribution < 1.29 is 19.0 Å². The van der Waals surface area contributed by atoms with Crippen LogP contribution in [0.3, 0.4) is 0 Å². The number of rotatable bonds is 9. The monoisotopic (exact) mass is 416 g/mol. The molecule has 0 aliphatic rings. The lowest BCUT2D eigenvalue weighted by Crippen LogP contribution is -2.29. The summed E-state index contributed by atoms with van der Waals surface area (Å²) >= 11 is 0. The Morgan fingerprint density at radius 3 is 2.61 bits per heavy atom. The van der Waals surface area contributed by atoms with E-state index >= 15 is 0 Å². The van der Waals surface area contributed by atoms with E-state index in [0.717, 1.165) is 16.5 Å². The lowest BCUT2D eigenvalue weighted by molar-refractivity contribution is -0.117. The standard InChI is InChI=1S/C25H24N2O4/c1-3-30-23-12-11-18(16-24(23)29-2)15-20(17-26)25(28)27-13-14-31-22-10-6-8-19-7-4-5-9-21(19)22/h4-12,15-16H,3,13-14H2,1-2H3,(H,27,28)/b20-15+. The second kappa shape index (κ2) is 10.7. The molecule has 0 radical (unpaired) electrons. The first-order valence-electron chi connectivity index (χ1n) is 9.97. The smallest absolute Gasteiger partial charge is 0.262 e. The van der Waals surface area contributed by atoms with Crippen LogP contribution < -0.4 is 19.5 Å². The molecule has 0 aliphatic carbocycles. The predicted octanol–water partition coefficient (Wildman–Crippen LogP) is 4.35. The average Bonchev–Trinajstić information content (AvgIpc) is 2.81. The van der Waals surface area contributed by atoms with E-state index in [-0.39, 0.29) is 18.7 Å². The maximum Gasteiger partial charge on any atom is 0.262 e. The van der Waals surface area contributed by atoms with Crippen LogP contribution in [-0.4, -0.2) is 32.8 Å². The summed E-state index contributed by atoms with van der Waals surface area (Å²) < 4.78 is 16.6. The molecule has 3 aromatic carbocycles. The van der Waals surface area contributed by atoms with Gasteiger partial charge in [-0.25, -0.2) is 0 Å². The van der Waals surface area contributed by atoms with Crippen LogP contribution in [0.4, 0.5) is 0 Å². The number of ether oxygens (including phenoxy) is 3. The minimum Gasteiger partial charge on any atom is -0.493 e. The fourth-order valence-electron chi connectivity index (χ4n) is 3.11. The van der Waals surface area contributed by atoms with Gasteiger partial charge in [-0.2, -0.15) is 5.26 Å². The Hall–Kier alpha value is -3.98. The van der Waals surface area contributed by atoms with Crippen LogP contribution >= 0.6 is 0 Å². The average molecular weight is 416 g/mol. The van der Waals surface area contributed by atoms with E-state index in [0.29, 0.717) is 23.7 Å². The van der Waals surface area contributed by atoms with E-state index in [1.165, 1.54) is 6.08 Å². The van der Waals surface area contributed by atoms with Gasteiger partial charge in [0.25, 0.3) is 5.91 Å². The Bertz CT molecular complexity index is 1130. The van der Waals surface area contributed by atoms with E-state index in [9.17, 15) is 10.1 Å². The van der Waals surface area contributed by atoms with Crippen molar-refractivity contribution in [2.45, 2.75) is 6.92 Å². The molecule has 1 N–H and O–H groups in total. The molecule has 6 heteroatoms. The van der Waals surface area contributed by atoms with Gasteiger partial charge in [0.05, 0.1) is 20.3 Å². The highest BCUT2D eigenvalue weighted by molar-refractivity contribution is 6.01. The summed E-state index contributed by atoms with van der Waals surface area (Å²) in [7, 11) is 1.54. The Kier molecular flexibility index (Phi) is 7.50. The number of carbonyl (C=O) groups is 1. The maximum absolute atomic E-state index is 12.4. The Morgan fingerprint density at radius 2 is 1.84 bits per heavy atom. The third-order valence-corrected chi connectivity index (χ3v) is 4.56. The molecule has 0 aromatic heterocycles. The van der Waals surface area contributed by atoms with Gasteiger partial charge < -0.3 is 19.5 Å². The van der Waals surface area contributed by atoms with Crippen molar-refractivity contribution >= 4 is 22.8 Å². The minimum absolute atomic E-state index is 0.00336. The first kappa shape index (κ1) is 21.7. The van der Waals surface area contributed by atoms with E-state index in [1.54, 1.807) is 25.3 Å². The SMILES string of the molecule is CCOc1ccc(/C=C(\C#N)C(=O)NCCOc2cccc3ccccc23)cc1OC. The van der Waals surface area contributed by atoms with Gasteiger partial charge in [0.2, 0.25) is 0 Å². The highest BCUT2D eigenvalue weighted by Gasteiger charge is 2.11. The molecule has 3 rings (SSSR count). The van der Waals surface area contributed by atoms with Crippen molar-refractivity contribution in [1.82, 2.24) is 5.32 Å². The lowest BCUT2D eigenvalue weighted by Gasteiger charge is -2.11. The molecule has 6 nitrogen and oxygen atoms in total. The molecular formula is C25H24N2O4. The maximum atomic E-state index is 12.4. The molecule has 0 heterocycles. The number of hydrogen-bond donors (Lipinski definition) is 1. The zero-order valence-corrected chi connectivity index (χ0v) is 17.6. The van der Waals surface area contributed by atoms with Gasteiger partial charge in [-0.05, 0) is 42.1 Å². The summed E-state index contributed by atoms with van der Waals surface area (Å²) in [5, 5.41) is 14.2. The van der Waals surface area contributed by atoms with Crippen molar-refractivity contribution in [3.05, 3.63) is 71.8 Å². The van der Waals surface area contributed by atoms with Crippen LogP contribution in [0.25, 0.3) is 16.8 Å². The molecule has 31 heavy (non-hydrogen) atoms. The van der Waals surface area contributed by atoms with E-state index < -0.39 is 5.91 Å².